The number of aromatic nitrogens is 5. The van der Waals surface area contributed by atoms with Crippen molar-refractivity contribution < 1.29 is 18.3 Å². The second-order valence-electron chi connectivity index (χ2n) is 10.1. The first-order valence-electron chi connectivity index (χ1n) is 13.3. The maximum Gasteiger partial charge on any atom is 0.322 e. The number of nitrogen functional groups attached to an aromatic ring is 1. The van der Waals surface area contributed by atoms with Crippen LogP contribution in [0, 0.1) is 19.7 Å². The number of hydrogen-bond donors (Lipinski definition) is 2. The Morgan fingerprint density at radius 3 is 2.57 bits per heavy atom. The van der Waals surface area contributed by atoms with Crippen molar-refractivity contribution in [2.75, 3.05) is 11.1 Å². The number of ether oxygens (including phenoxy) is 1. The molecule has 0 unspecified atom stereocenters. The fourth-order valence-corrected chi connectivity index (χ4v) is 6.32. The fraction of sp³-hybridized carbons (Fsp3) is 0.0938. The van der Waals surface area contributed by atoms with E-state index in [2.05, 4.69) is 31.9 Å². The number of carbonyl (C=O) groups excluding carboxylic acids is 1. The van der Waals surface area contributed by atoms with Crippen molar-refractivity contribution in [2.45, 2.75) is 13.8 Å². The Hall–Kier alpha value is -5.49. The largest absolute Gasteiger partial charge is 0.421 e. The Kier molecular flexibility index (Phi) is 7.35. The van der Waals surface area contributed by atoms with E-state index in [0.717, 1.165) is 31.8 Å². The highest BCUT2D eigenvalue weighted by atomic mass is 32.1. The molecule has 220 valence electrons. The van der Waals surface area contributed by atoms with Crippen LogP contribution in [-0.4, -0.2) is 30.6 Å². The van der Waals surface area contributed by atoms with E-state index >= 15 is 4.39 Å². The summed E-state index contributed by atoms with van der Waals surface area (Å²) in [6, 6.07) is 11.6. The van der Waals surface area contributed by atoms with Crippen molar-refractivity contribution in [3.8, 4) is 44.5 Å². The van der Waals surface area contributed by atoms with Crippen molar-refractivity contribution in [3.05, 3.63) is 96.7 Å². The van der Waals surface area contributed by atoms with Gasteiger partial charge in [0.25, 0.3) is 5.91 Å². The SMILES string of the molecule is C=C(F)C(=O)Nc1ccc(-c2sc3c(-c4cnn(C)c4)cnc(N)c3c2-c2ccc(Oc3nccc(C)n3)c(F)c2)c(C)c1. The van der Waals surface area contributed by atoms with Gasteiger partial charge in [-0.25, -0.2) is 23.7 Å². The van der Waals surface area contributed by atoms with Gasteiger partial charge in [-0.05, 0) is 60.9 Å². The van der Waals surface area contributed by atoms with E-state index in [1.807, 2.05) is 26.2 Å². The number of benzene rings is 2. The van der Waals surface area contributed by atoms with Gasteiger partial charge in [-0.1, -0.05) is 18.7 Å². The summed E-state index contributed by atoms with van der Waals surface area (Å²) in [6.45, 7) is 6.70. The number of anilines is 2. The van der Waals surface area contributed by atoms with Gasteiger partial charge in [0, 0.05) is 68.7 Å². The van der Waals surface area contributed by atoms with Crippen molar-refractivity contribution in [2.24, 2.45) is 7.05 Å². The quantitative estimate of drug-likeness (QED) is 0.181. The van der Waals surface area contributed by atoms with Gasteiger partial charge in [0.15, 0.2) is 17.4 Å². The second-order valence-corrected chi connectivity index (χ2v) is 11.1. The Morgan fingerprint density at radius 2 is 1.89 bits per heavy atom. The molecule has 0 aliphatic carbocycles. The zero-order valence-electron chi connectivity index (χ0n) is 23.9. The number of aryl methyl sites for hydroxylation is 3. The molecule has 6 rings (SSSR count). The molecular formula is C32H25F2N7O2S. The third-order valence-electron chi connectivity index (χ3n) is 6.93. The van der Waals surface area contributed by atoms with Crippen LogP contribution in [0.4, 0.5) is 20.3 Å². The Labute approximate surface area is 254 Å². The number of nitrogens with zero attached hydrogens (tertiary/aromatic N) is 5. The third kappa shape index (κ3) is 5.38. The maximum absolute atomic E-state index is 15.6. The molecule has 12 heteroatoms. The molecule has 0 saturated heterocycles. The summed E-state index contributed by atoms with van der Waals surface area (Å²) >= 11 is 1.48. The third-order valence-corrected chi connectivity index (χ3v) is 8.18. The summed E-state index contributed by atoms with van der Waals surface area (Å²) in [5, 5.41) is 7.46. The molecule has 0 radical (unpaired) electrons. The van der Waals surface area contributed by atoms with Crippen LogP contribution in [0.5, 0.6) is 11.8 Å². The summed E-state index contributed by atoms with van der Waals surface area (Å²) < 4.78 is 37.1. The molecule has 0 saturated carbocycles. The van der Waals surface area contributed by atoms with Crippen LogP contribution >= 0.6 is 11.3 Å². The minimum absolute atomic E-state index is 0.0340. The lowest BCUT2D eigenvalue weighted by Crippen LogP contribution is -2.11. The average molecular weight is 610 g/mol. The molecule has 0 bridgehead atoms. The minimum atomic E-state index is -1.09. The lowest BCUT2D eigenvalue weighted by atomic mass is 9.95. The predicted octanol–water partition coefficient (Wildman–Crippen LogP) is 7.37. The van der Waals surface area contributed by atoms with Crippen LogP contribution in [0.25, 0.3) is 42.8 Å². The van der Waals surface area contributed by atoms with E-state index in [4.69, 9.17) is 10.5 Å². The standard InChI is InChI=1S/C32H25F2N7O2S/c1-16-11-21(40-31(42)18(3)33)6-7-22(16)28-26(19-5-8-25(24(34)12-19)43-32-36-10-9-17(2)39-32)27-29(44-28)23(14-37-30(27)35)20-13-38-41(4)15-20/h5-15H,3H2,1-2,4H3,(H2,35,37)(H,40,42). The number of fused-ring (bicyclic) bond motifs is 1. The van der Waals surface area contributed by atoms with Gasteiger partial charge in [-0.15, -0.1) is 11.3 Å². The van der Waals surface area contributed by atoms with Crippen LogP contribution in [0.2, 0.25) is 0 Å². The van der Waals surface area contributed by atoms with Crippen molar-refractivity contribution >= 4 is 38.8 Å². The number of halogens is 2. The lowest BCUT2D eigenvalue weighted by molar-refractivity contribution is -0.114. The highest BCUT2D eigenvalue weighted by Crippen LogP contribution is 2.50. The highest BCUT2D eigenvalue weighted by molar-refractivity contribution is 7.23. The molecule has 4 heterocycles. The molecule has 0 spiro atoms. The van der Waals surface area contributed by atoms with E-state index in [1.165, 1.54) is 29.7 Å². The zero-order chi connectivity index (χ0) is 31.1. The first kappa shape index (κ1) is 28.6. The van der Waals surface area contributed by atoms with Crippen molar-refractivity contribution in [3.63, 3.8) is 0 Å². The van der Waals surface area contributed by atoms with E-state index in [0.29, 0.717) is 27.9 Å². The molecule has 9 nitrogen and oxygen atoms in total. The highest BCUT2D eigenvalue weighted by Gasteiger charge is 2.24. The van der Waals surface area contributed by atoms with E-state index in [1.54, 1.807) is 48.3 Å². The number of nitrogens with two attached hydrogens (primary N) is 1. The Balaban J connectivity index is 1.54. The van der Waals surface area contributed by atoms with Crippen molar-refractivity contribution in [1.82, 2.24) is 24.7 Å². The van der Waals surface area contributed by atoms with E-state index < -0.39 is 17.6 Å². The molecular weight excluding hydrogens is 584 g/mol. The Bertz CT molecular complexity index is 2100. The number of carbonyl (C=O) groups is 1. The molecule has 0 aliphatic rings. The van der Waals surface area contributed by atoms with E-state index in [9.17, 15) is 9.18 Å². The number of nitrogens with one attached hydrogen (secondary N) is 1. The summed E-state index contributed by atoms with van der Waals surface area (Å²) in [6.07, 6.45) is 6.86. The van der Waals surface area contributed by atoms with Crippen molar-refractivity contribution in [1.29, 1.82) is 0 Å². The lowest BCUT2D eigenvalue weighted by Gasteiger charge is -2.12. The summed E-state index contributed by atoms with van der Waals surface area (Å²) in [5.74, 6) is -2.38. The smallest absolute Gasteiger partial charge is 0.322 e. The summed E-state index contributed by atoms with van der Waals surface area (Å²) in [5.41, 5.74) is 12.1. The topological polar surface area (TPSA) is 121 Å². The molecule has 44 heavy (non-hydrogen) atoms. The summed E-state index contributed by atoms with van der Waals surface area (Å²) in [7, 11) is 1.83. The molecule has 0 fully saturated rings. The van der Waals surface area contributed by atoms with Gasteiger partial charge in [-0.2, -0.15) is 5.10 Å². The average Bonchev–Trinajstić information content (AvgIpc) is 3.59. The Morgan fingerprint density at radius 1 is 1.07 bits per heavy atom. The molecule has 3 N–H and O–H groups in total. The van der Waals surface area contributed by atoms with Gasteiger partial charge >= 0.3 is 6.01 Å². The normalized spacial score (nSPS) is 11.1. The fourth-order valence-electron chi connectivity index (χ4n) is 4.86. The van der Waals surface area contributed by atoms with Gasteiger partial charge in [0.2, 0.25) is 0 Å². The minimum Gasteiger partial charge on any atom is -0.421 e. The van der Waals surface area contributed by atoms with Crippen LogP contribution in [0.1, 0.15) is 11.3 Å². The van der Waals surface area contributed by atoms with Crippen LogP contribution in [-0.2, 0) is 11.8 Å². The molecule has 1 amide bonds. The van der Waals surface area contributed by atoms with Crippen LogP contribution in [0.15, 0.2) is 79.7 Å². The number of hydrogen-bond acceptors (Lipinski definition) is 8. The number of pyridine rings is 1. The van der Waals surface area contributed by atoms with Gasteiger partial charge < -0.3 is 15.8 Å². The first-order chi connectivity index (χ1) is 21.1. The molecule has 4 aromatic heterocycles. The predicted molar refractivity (Wildman–Crippen MR) is 168 cm³/mol. The first-order valence-corrected chi connectivity index (χ1v) is 14.1. The number of rotatable bonds is 7. The molecule has 0 aliphatic heterocycles. The van der Waals surface area contributed by atoms with Crippen LogP contribution < -0.4 is 15.8 Å². The molecule has 0 atom stereocenters. The monoisotopic (exact) mass is 609 g/mol. The van der Waals surface area contributed by atoms with Gasteiger partial charge in [0.05, 0.1) is 6.20 Å². The number of amides is 1. The summed E-state index contributed by atoms with van der Waals surface area (Å²) in [4.78, 5) is 25.4. The maximum atomic E-state index is 15.6. The second kappa shape index (κ2) is 11.3. The number of thiophene rings is 1. The van der Waals surface area contributed by atoms with Gasteiger partial charge in [0.1, 0.15) is 5.82 Å². The molecule has 2 aromatic carbocycles. The van der Waals surface area contributed by atoms with Gasteiger partial charge in [-0.3, -0.25) is 9.48 Å². The zero-order valence-corrected chi connectivity index (χ0v) is 24.7. The molecule has 6 aromatic rings. The van der Waals surface area contributed by atoms with E-state index in [-0.39, 0.29) is 17.6 Å². The van der Waals surface area contributed by atoms with Crippen LogP contribution in [0.3, 0.4) is 0 Å².